The molecule has 0 spiro atoms. The molecule has 0 heterocycles. The summed E-state index contributed by atoms with van der Waals surface area (Å²) in [6.45, 7) is 2.87. The average Bonchev–Trinajstić information content (AvgIpc) is 2.22. The van der Waals surface area contributed by atoms with E-state index in [1.165, 1.54) is 0 Å². The smallest absolute Gasteiger partial charge is 0.0637 e. The highest BCUT2D eigenvalue weighted by Gasteiger charge is 2.07. The van der Waals surface area contributed by atoms with Gasteiger partial charge in [0.25, 0.3) is 0 Å². The largest absolute Gasteiger partial charge is 0.308 e. The fourth-order valence-electron chi connectivity index (χ4n) is 1.41. The number of benzene rings is 1. The number of nitrogens with zero attached hydrogens (tertiary/aromatic N) is 2. The molecule has 2 nitrogen and oxygen atoms in total. The predicted molar refractivity (Wildman–Crippen MR) is 71.4 cm³/mol. The Hall–Kier alpha value is -0.280. The Morgan fingerprint density at radius 3 is 2.38 bits per heavy atom. The SMILES string of the molecule is CN(C)CCN(C)Cc1cccc(Cl)c1Cl. The second-order valence-corrected chi connectivity index (χ2v) is 5.04. The van der Waals surface area contributed by atoms with Crippen LogP contribution in [0.4, 0.5) is 0 Å². The summed E-state index contributed by atoms with van der Waals surface area (Å²) in [5.41, 5.74) is 1.08. The fourth-order valence-corrected chi connectivity index (χ4v) is 1.79. The molecule has 0 aliphatic rings. The van der Waals surface area contributed by atoms with Gasteiger partial charge in [0.15, 0.2) is 0 Å². The van der Waals surface area contributed by atoms with E-state index in [9.17, 15) is 0 Å². The van der Waals surface area contributed by atoms with Crippen LogP contribution in [0.15, 0.2) is 18.2 Å². The lowest BCUT2D eigenvalue weighted by atomic mass is 10.2. The first kappa shape index (κ1) is 13.8. The normalized spacial score (nSPS) is 11.4. The molecule has 0 aliphatic heterocycles. The molecule has 0 saturated carbocycles. The molecule has 1 aromatic carbocycles. The molecule has 16 heavy (non-hydrogen) atoms. The van der Waals surface area contributed by atoms with Crippen LogP contribution in [0, 0.1) is 0 Å². The summed E-state index contributed by atoms with van der Waals surface area (Å²) in [5, 5.41) is 1.29. The molecule has 0 bridgehead atoms. The van der Waals surface area contributed by atoms with E-state index < -0.39 is 0 Å². The predicted octanol–water partition coefficient (Wildman–Crippen LogP) is 2.99. The molecule has 0 aromatic heterocycles. The van der Waals surface area contributed by atoms with Crippen LogP contribution in [-0.2, 0) is 6.54 Å². The molecule has 90 valence electrons. The Morgan fingerprint density at radius 2 is 1.75 bits per heavy atom. The van der Waals surface area contributed by atoms with E-state index in [0.29, 0.717) is 10.0 Å². The third kappa shape index (κ3) is 4.30. The van der Waals surface area contributed by atoms with E-state index >= 15 is 0 Å². The molecular formula is C12H18Cl2N2. The zero-order valence-corrected chi connectivity index (χ0v) is 11.5. The van der Waals surface area contributed by atoms with Crippen LogP contribution in [0.3, 0.4) is 0 Å². The lowest BCUT2D eigenvalue weighted by Crippen LogP contribution is -2.28. The van der Waals surface area contributed by atoms with Crippen LogP contribution in [0.2, 0.25) is 10.0 Å². The van der Waals surface area contributed by atoms with E-state index in [1.807, 2.05) is 18.2 Å². The molecule has 0 atom stereocenters. The zero-order valence-electron chi connectivity index (χ0n) is 10.0. The Morgan fingerprint density at radius 1 is 1.06 bits per heavy atom. The average molecular weight is 261 g/mol. The molecule has 4 heteroatoms. The summed E-state index contributed by atoms with van der Waals surface area (Å²) in [6, 6.07) is 5.76. The van der Waals surface area contributed by atoms with E-state index in [4.69, 9.17) is 23.2 Å². The van der Waals surface area contributed by atoms with E-state index in [1.54, 1.807) is 0 Å². The Balaban J connectivity index is 2.56. The lowest BCUT2D eigenvalue weighted by molar-refractivity contribution is 0.276. The number of halogens is 2. The first-order chi connectivity index (χ1) is 7.50. The van der Waals surface area contributed by atoms with Gasteiger partial charge in [-0.1, -0.05) is 35.3 Å². The Bertz CT molecular complexity index is 340. The number of rotatable bonds is 5. The molecule has 0 saturated heterocycles. The van der Waals surface area contributed by atoms with Crippen molar-refractivity contribution in [2.45, 2.75) is 6.54 Å². The highest BCUT2D eigenvalue weighted by molar-refractivity contribution is 6.42. The second kappa shape index (κ2) is 6.45. The third-order valence-corrected chi connectivity index (χ3v) is 3.26. The highest BCUT2D eigenvalue weighted by Crippen LogP contribution is 2.26. The van der Waals surface area contributed by atoms with Gasteiger partial charge in [0.2, 0.25) is 0 Å². The highest BCUT2D eigenvalue weighted by atomic mass is 35.5. The van der Waals surface area contributed by atoms with Crippen molar-refractivity contribution in [3.63, 3.8) is 0 Å². The maximum Gasteiger partial charge on any atom is 0.0637 e. The van der Waals surface area contributed by atoms with Crippen molar-refractivity contribution < 1.29 is 0 Å². The number of hydrogen-bond acceptors (Lipinski definition) is 2. The molecule has 0 amide bonds. The standard InChI is InChI=1S/C12H18Cl2N2/c1-15(2)7-8-16(3)9-10-5-4-6-11(13)12(10)14/h4-6H,7-9H2,1-3H3. The molecule has 0 N–H and O–H groups in total. The van der Waals surface area contributed by atoms with Gasteiger partial charge in [-0.3, -0.25) is 0 Å². The molecular weight excluding hydrogens is 243 g/mol. The quantitative estimate of drug-likeness (QED) is 0.804. The van der Waals surface area contributed by atoms with Gasteiger partial charge in [-0.2, -0.15) is 0 Å². The number of likely N-dealkylation sites (N-methyl/N-ethyl adjacent to an activating group) is 2. The van der Waals surface area contributed by atoms with Crippen molar-refractivity contribution in [2.75, 3.05) is 34.2 Å². The van der Waals surface area contributed by atoms with Gasteiger partial charge in [0.1, 0.15) is 0 Å². The minimum absolute atomic E-state index is 0.625. The van der Waals surface area contributed by atoms with Crippen LogP contribution in [-0.4, -0.2) is 44.0 Å². The van der Waals surface area contributed by atoms with Gasteiger partial charge in [-0.25, -0.2) is 0 Å². The van der Waals surface area contributed by atoms with E-state index in [-0.39, 0.29) is 0 Å². The summed E-state index contributed by atoms with van der Waals surface area (Å²) in [7, 11) is 6.22. The minimum atomic E-state index is 0.625. The van der Waals surface area contributed by atoms with E-state index in [0.717, 1.165) is 25.2 Å². The number of hydrogen-bond donors (Lipinski definition) is 0. The van der Waals surface area contributed by atoms with Gasteiger partial charge in [0, 0.05) is 19.6 Å². The maximum atomic E-state index is 6.13. The summed E-state index contributed by atoms with van der Waals surface area (Å²) in [5.74, 6) is 0. The Kier molecular flexibility index (Phi) is 5.56. The van der Waals surface area contributed by atoms with Crippen LogP contribution >= 0.6 is 23.2 Å². The molecule has 0 radical (unpaired) electrons. The molecule has 1 aromatic rings. The van der Waals surface area contributed by atoms with Crippen LogP contribution in [0.25, 0.3) is 0 Å². The first-order valence-electron chi connectivity index (χ1n) is 5.27. The second-order valence-electron chi connectivity index (χ2n) is 4.25. The summed E-state index contributed by atoms with van der Waals surface area (Å²) < 4.78 is 0. The molecule has 0 aliphatic carbocycles. The fraction of sp³-hybridized carbons (Fsp3) is 0.500. The van der Waals surface area contributed by atoms with Crippen molar-refractivity contribution in [1.82, 2.24) is 9.80 Å². The Labute approximate surface area is 108 Å². The van der Waals surface area contributed by atoms with Gasteiger partial charge in [0.05, 0.1) is 10.0 Å². The van der Waals surface area contributed by atoms with Crippen LogP contribution in [0.5, 0.6) is 0 Å². The van der Waals surface area contributed by atoms with Crippen molar-refractivity contribution in [2.24, 2.45) is 0 Å². The monoisotopic (exact) mass is 260 g/mol. The topological polar surface area (TPSA) is 6.48 Å². The summed E-state index contributed by atoms with van der Waals surface area (Å²) in [4.78, 5) is 4.40. The van der Waals surface area contributed by atoms with Crippen molar-refractivity contribution in [3.05, 3.63) is 33.8 Å². The summed E-state index contributed by atoms with van der Waals surface area (Å²) in [6.07, 6.45) is 0. The third-order valence-electron chi connectivity index (χ3n) is 2.40. The first-order valence-corrected chi connectivity index (χ1v) is 6.02. The molecule has 0 unspecified atom stereocenters. The molecule has 1 rings (SSSR count). The van der Waals surface area contributed by atoms with Gasteiger partial charge >= 0.3 is 0 Å². The molecule has 0 fully saturated rings. The summed E-state index contributed by atoms with van der Waals surface area (Å²) >= 11 is 12.1. The van der Waals surface area contributed by atoms with Gasteiger partial charge < -0.3 is 9.80 Å². The van der Waals surface area contributed by atoms with Crippen LogP contribution in [0.1, 0.15) is 5.56 Å². The lowest BCUT2D eigenvalue weighted by Gasteiger charge is -2.20. The van der Waals surface area contributed by atoms with Gasteiger partial charge in [-0.15, -0.1) is 0 Å². The minimum Gasteiger partial charge on any atom is -0.308 e. The van der Waals surface area contributed by atoms with E-state index in [2.05, 4.69) is 30.9 Å². The zero-order chi connectivity index (χ0) is 12.1. The maximum absolute atomic E-state index is 6.13. The van der Waals surface area contributed by atoms with Crippen molar-refractivity contribution >= 4 is 23.2 Å². The van der Waals surface area contributed by atoms with Gasteiger partial charge in [-0.05, 0) is 32.8 Å². The van der Waals surface area contributed by atoms with Crippen molar-refractivity contribution in [3.8, 4) is 0 Å². The van der Waals surface area contributed by atoms with Crippen LogP contribution < -0.4 is 0 Å². The van der Waals surface area contributed by atoms with Crippen molar-refractivity contribution in [1.29, 1.82) is 0 Å².